The highest BCUT2D eigenvalue weighted by atomic mass is 19.4. The zero-order valence-corrected chi connectivity index (χ0v) is 13.1. The molecule has 2 rings (SSSR count). The van der Waals surface area contributed by atoms with E-state index in [4.69, 9.17) is 5.73 Å². The molecule has 1 atom stereocenters. The van der Waals surface area contributed by atoms with Gasteiger partial charge in [-0.2, -0.15) is 13.2 Å². The topological polar surface area (TPSA) is 46.3 Å². The van der Waals surface area contributed by atoms with Gasteiger partial charge in [0.05, 0.1) is 5.56 Å². The lowest BCUT2D eigenvalue weighted by molar-refractivity contribution is -0.138. The maximum atomic E-state index is 13.0. The van der Waals surface area contributed by atoms with Crippen LogP contribution < -0.4 is 5.73 Å². The second-order valence-corrected chi connectivity index (χ2v) is 6.22. The predicted octanol–water partition coefficient (Wildman–Crippen LogP) is 3.23. The minimum Gasteiger partial charge on any atom is -0.370 e. The van der Waals surface area contributed by atoms with Crippen LogP contribution >= 0.6 is 0 Å². The minimum absolute atomic E-state index is 0.314. The number of nitrogens with two attached hydrogens (primary N) is 1. The summed E-state index contributed by atoms with van der Waals surface area (Å²) in [5, 5.41) is 0. The Kier molecular flexibility index (Phi) is 6.04. The van der Waals surface area contributed by atoms with Gasteiger partial charge in [0.1, 0.15) is 0 Å². The molecule has 1 unspecified atom stereocenters. The van der Waals surface area contributed by atoms with Gasteiger partial charge in [0, 0.05) is 19.5 Å². The standard InChI is InChI=1S/C17H23F3N2O/c18-17(19,20)15-6-2-1-5-14(15)8-7-13-4-3-10-22(12-13)11-9-16(21)23/h1-2,5-6,13H,3-4,7-12H2,(H2,21,23). The Balaban J connectivity index is 1.90. The second kappa shape index (κ2) is 7.81. The minimum atomic E-state index is -4.29. The third-order valence-corrected chi connectivity index (χ3v) is 4.42. The number of rotatable bonds is 6. The van der Waals surface area contributed by atoms with Crippen molar-refractivity contribution in [3.05, 3.63) is 35.4 Å². The fourth-order valence-electron chi connectivity index (χ4n) is 3.23. The van der Waals surface area contributed by atoms with Crippen LogP contribution in [0.5, 0.6) is 0 Å². The average molecular weight is 328 g/mol. The first kappa shape index (κ1) is 17.8. The number of carbonyl (C=O) groups is 1. The Morgan fingerprint density at radius 3 is 2.74 bits per heavy atom. The fourth-order valence-corrected chi connectivity index (χ4v) is 3.23. The number of carbonyl (C=O) groups excluding carboxylic acids is 1. The first-order chi connectivity index (χ1) is 10.9. The number of benzene rings is 1. The van der Waals surface area contributed by atoms with Crippen molar-refractivity contribution < 1.29 is 18.0 Å². The Hall–Kier alpha value is -1.56. The van der Waals surface area contributed by atoms with Crippen molar-refractivity contribution >= 4 is 5.91 Å². The smallest absolute Gasteiger partial charge is 0.370 e. The molecule has 0 radical (unpaired) electrons. The molecule has 0 bridgehead atoms. The lowest BCUT2D eigenvalue weighted by atomic mass is 9.90. The number of alkyl halides is 3. The van der Waals surface area contributed by atoms with Crippen LogP contribution in [0, 0.1) is 5.92 Å². The molecule has 0 saturated carbocycles. The molecule has 1 amide bonds. The number of primary amides is 1. The summed E-state index contributed by atoms with van der Waals surface area (Å²) >= 11 is 0. The normalized spacial score (nSPS) is 19.7. The third-order valence-electron chi connectivity index (χ3n) is 4.42. The van der Waals surface area contributed by atoms with E-state index in [0.717, 1.165) is 38.4 Å². The molecule has 1 aromatic carbocycles. The highest BCUT2D eigenvalue weighted by molar-refractivity contribution is 5.73. The first-order valence-corrected chi connectivity index (χ1v) is 8.02. The Morgan fingerprint density at radius 2 is 2.04 bits per heavy atom. The first-order valence-electron chi connectivity index (χ1n) is 8.02. The van der Waals surface area contributed by atoms with Gasteiger partial charge < -0.3 is 10.6 Å². The highest BCUT2D eigenvalue weighted by Crippen LogP contribution is 2.33. The summed E-state index contributed by atoms with van der Waals surface area (Å²) in [6.07, 6.45) is -0.740. The van der Waals surface area contributed by atoms with Gasteiger partial charge >= 0.3 is 6.18 Å². The van der Waals surface area contributed by atoms with E-state index in [1.807, 2.05) is 0 Å². The van der Waals surface area contributed by atoms with Crippen LogP contribution in [-0.2, 0) is 17.4 Å². The maximum Gasteiger partial charge on any atom is 0.416 e. The van der Waals surface area contributed by atoms with Crippen molar-refractivity contribution in [2.24, 2.45) is 11.7 Å². The van der Waals surface area contributed by atoms with E-state index in [-0.39, 0.29) is 5.91 Å². The summed E-state index contributed by atoms with van der Waals surface area (Å²) < 4.78 is 39.0. The molecule has 3 nitrogen and oxygen atoms in total. The zero-order valence-electron chi connectivity index (χ0n) is 13.1. The van der Waals surface area contributed by atoms with Crippen LogP contribution in [0.15, 0.2) is 24.3 Å². The van der Waals surface area contributed by atoms with Gasteiger partial charge in [-0.25, -0.2) is 0 Å². The van der Waals surface area contributed by atoms with Crippen molar-refractivity contribution in [3.8, 4) is 0 Å². The van der Waals surface area contributed by atoms with Crippen molar-refractivity contribution in [1.29, 1.82) is 0 Å². The van der Waals surface area contributed by atoms with E-state index in [0.29, 0.717) is 30.9 Å². The number of hydrogen-bond donors (Lipinski definition) is 1. The van der Waals surface area contributed by atoms with Crippen LogP contribution in [0.3, 0.4) is 0 Å². The Morgan fingerprint density at radius 1 is 1.30 bits per heavy atom. The molecule has 0 spiro atoms. The summed E-state index contributed by atoms with van der Waals surface area (Å²) in [7, 11) is 0. The summed E-state index contributed by atoms with van der Waals surface area (Å²) in [6.45, 7) is 2.41. The van der Waals surface area contributed by atoms with Crippen molar-refractivity contribution in [3.63, 3.8) is 0 Å². The zero-order chi connectivity index (χ0) is 16.9. The van der Waals surface area contributed by atoms with Gasteiger partial charge in [0.25, 0.3) is 0 Å². The van der Waals surface area contributed by atoms with Crippen LogP contribution in [0.4, 0.5) is 13.2 Å². The molecule has 1 heterocycles. The number of piperidine rings is 1. The van der Waals surface area contributed by atoms with Crippen molar-refractivity contribution in [2.45, 2.75) is 38.3 Å². The van der Waals surface area contributed by atoms with Crippen LogP contribution in [0.25, 0.3) is 0 Å². The largest absolute Gasteiger partial charge is 0.416 e. The lowest BCUT2D eigenvalue weighted by Gasteiger charge is -2.32. The molecule has 128 valence electrons. The molecule has 6 heteroatoms. The van der Waals surface area contributed by atoms with Gasteiger partial charge in [-0.3, -0.25) is 4.79 Å². The molecular weight excluding hydrogens is 305 g/mol. The number of nitrogens with zero attached hydrogens (tertiary/aromatic N) is 1. The molecule has 1 aliphatic rings. The number of amides is 1. The molecule has 0 aromatic heterocycles. The second-order valence-electron chi connectivity index (χ2n) is 6.22. The van der Waals surface area contributed by atoms with Crippen molar-refractivity contribution in [1.82, 2.24) is 4.90 Å². The van der Waals surface area contributed by atoms with Crippen LogP contribution in [0.1, 0.15) is 36.8 Å². The van der Waals surface area contributed by atoms with E-state index in [1.54, 1.807) is 12.1 Å². The Bertz CT molecular complexity index is 531. The number of hydrogen-bond acceptors (Lipinski definition) is 2. The molecule has 1 aromatic rings. The summed E-state index contributed by atoms with van der Waals surface area (Å²) in [5.74, 6) is 0.0594. The van der Waals surface area contributed by atoms with Gasteiger partial charge in [-0.1, -0.05) is 18.2 Å². The van der Waals surface area contributed by atoms with Gasteiger partial charge in [-0.05, 0) is 49.8 Å². The fraction of sp³-hybridized carbons (Fsp3) is 0.588. The summed E-state index contributed by atoms with van der Waals surface area (Å²) in [5.41, 5.74) is 5.01. The molecule has 1 fully saturated rings. The maximum absolute atomic E-state index is 13.0. The van der Waals surface area contributed by atoms with E-state index < -0.39 is 11.7 Å². The van der Waals surface area contributed by atoms with Gasteiger partial charge in [0.2, 0.25) is 5.91 Å². The number of likely N-dealkylation sites (tertiary alicyclic amines) is 1. The molecule has 1 aliphatic heterocycles. The van der Waals surface area contributed by atoms with Crippen molar-refractivity contribution in [2.75, 3.05) is 19.6 Å². The van der Waals surface area contributed by atoms with E-state index in [2.05, 4.69) is 4.90 Å². The number of aryl methyl sites for hydroxylation is 1. The predicted molar refractivity (Wildman–Crippen MR) is 82.7 cm³/mol. The summed E-state index contributed by atoms with van der Waals surface area (Å²) in [6, 6.07) is 5.80. The van der Waals surface area contributed by atoms with E-state index in [1.165, 1.54) is 6.07 Å². The Labute approximate surface area is 134 Å². The molecule has 23 heavy (non-hydrogen) atoms. The van der Waals surface area contributed by atoms with E-state index >= 15 is 0 Å². The molecule has 1 saturated heterocycles. The van der Waals surface area contributed by atoms with Gasteiger partial charge in [0.15, 0.2) is 0 Å². The average Bonchev–Trinajstić information content (AvgIpc) is 2.51. The van der Waals surface area contributed by atoms with E-state index in [9.17, 15) is 18.0 Å². The molecule has 0 aliphatic carbocycles. The van der Waals surface area contributed by atoms with Crippen LogP contribution in [-0.4, -0.2) is 30.4 Å². The van der Waals surface area contributed by atoms with Gasteiger partial charge in [-0.15, -0.1) is 0 Å². The SMILES string of the molecule is NC(=O)CCN1CCCC(CCc2ccccc2C(F)(F)F)C1. The summed E-state index contributed by atoms with van der Waals surface area (Å²) in [4.78, 5) is 13.0. The lowest BCUT2D eigenvalue weighted by Crippen LogP contribution is -2.37. The third kappa shape index (κ3) is 5.53. The monoisotopic (exact) mass is 328 g/mol. The molecular formula is C17H23F3N2O. The molecule has 2 N–H and O–H groups in total. The van der Waals surface area contributed by atoms with Crippen LogP contribution in [0.2, 0.25) is 0 Å². The quantitative estimate of drug-likeness (QED) is 0.871. The number of halogens is 3. The highest BCUT2D eigenvalue weighted by Gasteiger charge is 2.33.